The lowest BCUT2D eigenvalue weighted by atomic mass is 9.64. The molecule has 0 spiro atoms. The predicted octanol–water partition coefficient (Wildman–Crippen LogP) is 2.65. The van der Waals surface area contributed by atoms with Gasteiger partial charge >= 0.3 is 0 Å². The van der Waals surface area contributed by atoms with E-state index in [1.165, 1.54) is 12.1 Å². The van der Waals surface area contributed by atoms with Gasteiger partial charge in [0, 0.05) is 17.5 Å². The van der Waals surface area contributed by atoms with Gasteiger partial charge in [0.15, 0.2) is 0 Å². The van der Waals surface area contributed by atoms with Crippen LogP contribution in [0.4, 0.5) is 8.78 Å². The van der Waals surface area contributed by atoms with Crippen LogP contribution in [0.3, 0.4) is 0 Å². The summed E-state index contributed by atoms with van der Waals surface area (Å²) in [4.78, 5) is 0. The van der Waals surface area contributed by atoms with Crippen molar-refractivity contribution in [3.8, 4) is 0 Å². The van der Waals surface area contributed by atoms with E-state index in [-0.39, 0.29) is 5.56 Å². The third-order valence-electron chi connectivity index (χ3n) is 3.52. The van der Waals surface area contributed by atoms with Gasteiger partial charge in [-0.05, 0) is 31.4 Å². The van der Waals surface area contributed by atoms with Crippen LogP contribution in [0.5, 0.6) is 0 Å². The zero-order valence-electron chi connectivity index (χ0n) is 8.82. The van der Waals surface area contributed by atoms with Crippen molar-refractivity contribution in [2.24, 2.45) is 5.73 Å². The van der Waals surface area contributed by atoms with Crippen molar-refractivity contribution in [1.29, 1.82) is 0 Å². The molecule has 3 heteroatoms. The van der Waals surface area contributed by atoms with Gasteiger partial charge in [-0.2, -0.15) is 0 Å². The minimum absolute atomic E-state index is 0.205. The van der Waals surface area contributed by atoms with Crippen LogP contribution in [0.2, 0.25) is 0 Å². The lowest BCUT2D eigenvalue weighted by Crippen LogP contribution is -2.43. The average molecular weight is 211 g/mol. The second-order valence-electron chi connectivity index (χ2n) is 4.39. The third kappa shape index (κ3) is 1.46. The molecule has 0 radical (unpaired) electrons. The number of nitrogens with two attached hydrogens (primary N) is 1. The SMILES string of the molecule is Cc1ccc(F)c(C2(CN)CCC2)c1F. The summed E-state index contributed by atoms with van der Waals surface area (Å²) in [5.41, 5.74) is 5.91. The average Bonchev–Trinajstić information content (AvgIpc) is 2.16. The summed E-state index contributed by atoms with van der Waals surface area (Å²) in [5, 5.41) is 0. The van der Waals surface area contributed by atoms with Crippen LogP contribution in [0.25, 0.3) is 0 Å². The summed E-state index contributed by atoms with van der Waals surface area (Å²) in [7, 11) is 0. The molecule has 1 aliphatic rings. The van der Waals surface area contributed by atoms with Crippen molar-refractivity contribution in [3.63, 3.8) is 0 Å². The molecule has 1 nitrogen and oxygen atoms in total. The van der Waals surface area contributed by atoms with E-state index in [2.05, 4.69) is 0 Å². The van der Waals surface area contributed by atoms with E-state index in [0.717, 1.165) is 19.3 Å². The molecule has 1 aromatic carbocycles. The zero-order valence-corrected chi connectivity index (χ0v) is 8.82. The van der Waals surface area contributed by atoms with Gasteiger partial charge < -0.3 is 5.73 Å². The molecule has 0 atom stereocenters. The van der Waals surface area contributed by atoms with Crippen molar-refractivity contribution in [3.05, 3.63) is 34.9 Å². The molecule has 0 saturated heterocycles. The van der Waals surface area contributed by atoms with Crippen LogP contribution < -0.4 is 5.73 Å². The molecule has 0 bridgehead atoms. The summed E-state index contributed by atoms with van der Waals surface area (Å²) in [5.74, 6) is -0.872. The Morgan fingerprint density at radius 3 is 2.47 bits per heavy atom. The van der Waals surface area contributed by atoms with E-state index in [0.29, 0.717) is 12.1 Å². The van der Waals surface area contributed by atoms with Crippen molar-refractivity contribution in [2.75, 3.05) is 6.54 Å². The smallest absolute Gasteiger partial charge is 0.132 e. The molecule has 1 fully saturated rings. The molecule has 0 aromatic heterocycles. The Hall–Kier alpha value is -0.960. The number of hydrogen-bond donors (Lipinski definition) is 1. The van der Waals surface area contributed by atoms with Crippen LogP contribution in [-0.2, 0) is 5.41 Å². The fraction of sp³-hybridized carbons (Fsp3) is 0.500. The number of aryl methyl sites for hydroxylation is 1. The maximum absolute atomic E-state index is 13.9. The molecule has 2 N–H and O–H groups in total. The number of rotatable bonds is 2. The summed E-state index contributed by atoms with van der Waals surface area (Å²) in [6, 6.07) is 2.81. The minimum atomic E-state index is -0.455. The molecular formula is C12H15F2N. The Bertz CT molecular complexity index is 378. The second-order valence-corrected chi connectivity index (χ2v) is 4.39. The van der Waals surface area contributed by atoms with E-state index in [9.17, 15) is 8.78 Å². The molecule has 0 heterocycles. The molecule has 82 valence electrons. The standard InChI is InChI=1S/C12H15F2N/c1-8-3-4-9(13)10(11(8)14)12(7-15)5-2-6-12/h3-4H,2,5-7,15H2,1H3. The van der Waals surface area contributed by atoms with Gasteiger partial charge in [-0.3, -0.25) is 0 Å². The lowest BCUT2D eigenvalue weighted by Gasteiger charge is -2.41. The third-order valence-corrected chi connectivity index (χ3v) is 3.52. The Balaban J connectivity index is 2.55. The van der Waals surface area contributed by atoms with Crippen molar-refractivity contribution in [1.82, 2.24) is 0 Å². The maximum Gasteiger partial charge on any atom is 0.132 e. The highest BCUT2D eigenvalue weighted by Gasteiger charge is 2.41. The summed E-state index contributed by atoms with van der Waals surface area (Å²) < 4.78 is 27.5. The Labute approximate surface area is 88.3 Å². The van der Waals surface area contributed by atoms with Crippen LogP contribution in [-0.4, -0.2) is 6.54 Å². The van der Waals surface area contributed by atoms with Crippen LogP contribution >= 0.6 is 0 Å². The van der Waals surface area contributed by atoms with Gasteiger partial charge in [0.25, 0.3) is 0 Å². The highest BCUT2D eigenvalue weighted by atomic mass is 19.1. The van der Waals surface area contributed by atoms with Crippen LogP contribution in [0, 0.1) is 18.6 Å². The molecule has 15 heavy (non-hydrogen) atoms. The lowest BCUT2D eigenvalue weighted by molar-refractivity contribution is 0.235. The second kappa shape index (κ2) is 3.56. The largest absolute Gasteiger partial charge is 0.330 e. The number of halogens is 2. The molecule has 0 unspecified atom stereocenters. The quantitative estimate of drug-likeness (QED) is 0.799. The fourth-order valence-electron chi connectivity index (χ4n) is 2.30. The first kappa shape index (κ1) is 10.6. The van der Waals surface area contributed by atoms with Gasteiger partial charge in [-0.25, -0.2) is 8.78 Å². The summed E-state index contributed by atoms with van der Waals surface area (Å²) in [6.45, 7) is 1.98. The van der Waals surface area contributed by atoms with Gasteiger partial charge in [0.1, 0.15) is 11.6 Å². The highest BCUT2D eigenvalue weighted by molar-refractivity contribution is 5.35. The summed E-state index contributed by atoms with van der Waals surface area (Å²) in [6.07, 6.45) is 2.59. The Morgan fingerprint density at radius 2 is 2.00 bits per heavy atom. The zero-order chi connectivity index (χ0) is 11.1. The Morgan fingerprint density at radius 1 is 1.33 bits per heavy atom. The van der Waals surface area contributed by atoms with E-state index in [1.54, 1.807) is 6.92 Å². The first-order valence-electron chi connectivity index (χ1n) is 5.26. The first-order valence-corrected chi connectivity index (χ1v) is 5.26. The molecule has 1 aliphatic carbocycles. The van der Waals surface area contributed by atoms with Gasteiger partial charge in [-0.15, -0.1) is 0 Å². The van der Waals surface area contributed by atoms with Crippen molar-refractivity contribution in [2.45, 2.75) is 31.6 Å². The molecule has 2 rings (SSSR count). The topological polar surface area (TPSA) is 26.0 Å². The highest BCUT2D eigenvalue weighted by Crippen LogP contribution is 2.45. The number of benzene rings is 1. The van der Waals surface area contributed by atoms with Gasteiger partial charge in [-0.1, -0.05) is 12.5 Å². The Kier molecular flexibility index (Phi) is 2.51. The minimum Gasteiger partial charge on any atom is -0.330 e. The molecule has 1 saturated carbocycles. The van der Waals surface area contributed by atoms with Crippen molar-refractivity contribution < 1.29 is 8.78 Å². The first-order chi connectivity index (χ1) is 7.10. The maximum atomic E-state index is 13.9. The molecular weight excluding hydrogens is 196 g/mol. The van der Waals surface area contributed by atoms with E-state index in [1.807, 2.05) is 0 Å². The summed E-state index contributed by atoms with van der Waals surface area (Å²) >= 11 is 0. The van der Waals surface area contributed by atoms with Gasteiger partial charge in [0.2, 0.25) is 0 Å². The van der Waals surface area contributed by atoms with E-state index in [4.69, 9.17) is 5.73 Å². The van der Waals surface area contributed by atoms with Crippen LogP contribution in [0.15, 0.2) is 12.1 Å². The van der Waals surface area contributed by atoms with E-state index >= 15 is 0 Å². The monoisotopic (exact) mass is 211 g/mol. The molecule has 0 aliphatic heterocycles. The van der Waals surface area contributed by atoms with Crippen molar-refractivity contribution >= 4 is 0 Å². The van der Waals surface area contributed by atoms with Gasteiger partial charge in [0.05, 0.1) is 0 Å². The fourth-order valence-corrected chi connectivity index (χ4v) is 2.30. The number of hydrogen-bond acceptors (Lipinski definition) is 1. The molecule has 1 aromatic rings. The van der Waals surface area contributed by atoms with Crippen LogP contribution in [0.1, 0.15) is 30.4 Å². The normalized spacial score (nSPS) is 18.7. The molecule has 0 amide bonds. The predicted molar refractivity (Wildman–Crippen MR) is 55.7 cm³/mol. The van der Waals surface area contributed by atoms with E-state index < -0.39 is 17.0 Å².